The second-order valence-corrected chi connectivity index (χ2v) is 8.16. The maximum absolute atomic E-state index is 12.9. The SMILES string of the molecule is CC(C)CC(NC(=O)C(CO)NC(=O)CN)C(=O)NC(Cc1c[nH]c2ccccc12)C(=O)O. The van der Waals surface area contributed by atoms with Gasteiger partial charge >= 0.3 is 5.97 Å². The zero-order valence-electron chi connectivity index (χ0n) is 18.6. The van der Waals surface area contributed by atoms with Gasteiger partial charge in [-0.2, -0.15) is 0 Å². The molecule has 11 nitrogen and oxygen atoms in total. The highest BCUT2D eigenvalue weighted by atomic mass is 16.4. The molecular formula is C22H31N5O6. The van der Waals surface area contributed by atoms with E-state index in [1.54, 1.807) is 6.20 Å². The van der Waals surface area contributed by atoms with Gasteiger partial charge in [0, 0.05) is 23.5 Å². The Morgan fingerprint density at radius 1 is 1.00 bits per heavy atom. The molecule has 0 aliphatic carbocycles. The summed E-state index contributed by atoms with van der Waals surface area (Å²) in [7, 11) is 0. The van der Waals surface area contributed by atoms with Crippen LogP contribution in [0.25, 0.3) is 10.9 Å². The average Bonchev–Trinajstić information content (AvgIpc) is 3.18. The van der Waals surface area contributed by atoms with E-state index in [1.807, 2.05) is 38.1 Å². The molecule has 2 rings (SSSR count). The Hall–Kier alpha value is -3.44. The number of fused-ring (bicyclic) bond motifs is 1. The summed E-state index contributed by atoms with van der Waals surface area (Å²) in [6, 6.07) is 3.83. The molecule has 0 bridgehead atoms. The molecular weight excluding hydrogens is 430 g/mol. The minimum Gasteiger partial charge on any atom is -0.480 e. The summed E-state index contributed by atoms with van der Waals surface area (Å²) in [5.74, 6) is -3.32. The van der Waals surface area contributed by atoms with Gasteiger partial charge in [0.25, 0.3) is 0 Å². The van der Waals surface area contributed by atoms with Crippen molar-refractivity contribution in [3.05, 3.63) is 36.0 Å². The number of aromatic nitrogens is 1. The first-order chi connectivity index (χ1) is 15.7. The molecule has 3 amide bonds. The molecule has 2 aromatic rings. The molecule has 0 aliphatic heterocycles. The van der Waals surface area contributed by atoms with E-state index in [0.717, 1.165) is 16.5 Å². The summed E-state index contributed by atoms with van der Waals surface area (Å²) in [6.45, 7) is 2.62. The van der Waals surface area contributed by atoms with Gasteiger partial charge in [-0.3, -0.25) is 14.4 Å². The Morgan fingerprint density at radius 3 is 2.24 bits per heavy atom. The maximum Gasteiger partial charge on any atom is 0.326 e. The van der Waals surface area contributed by atoms with Crippen molar-refractivity contribution in [2.45, 2.75) is 44.8 Å². The topological polar surface area (TPSA) is 187 Å². The number of hydrogen-bond donors (Lipinski definition) is 7. The second kappa shape index (κ2) is 12.0. The number of H-pyrrole nitrogens is 1. The number of aromatic amines is 1. The quantitative estimate of drug-likeness (QED) is 0.216. The highest BCUT2D eigenvalue weighted by Gasteiger charge is 2.30. The Kier molecular flexibility index (Phi) is 9.37. The molecule has 180 valence electrons. The van der Waals surface area contributed by atoms with Crippen LogP contribution in [-0.2, 0) is 25.6 Å². The fourth-order valence-electron chi connectivity index (χ4n) is 3.42. The minimum absolute atomic E-state index is 0.0100. The minimum atomic E-state index is -1.29. The van der Waals surface area contributed by atoms with E-state index >= 15 is 0 Å². The third-order valence-corrected chi connectivity index (χ3v) is 5.07. The smallest absolute Gasteiger partial charge is 0.326 e. The molecule has 0 radical (unpaired) electrons. The van der Waals surface area contributed by atoms with Crippen LogP contribution in [0.15, 0.2) is 30.5 Å². The van der Waals surface area contributed by atoms with Crippen LogP contribution in [0.1, 0.15) is 25.8 Å². The zero-order chi connectivity index (χ0) is 24.5. The van der Waals surface area contributed by atoms with Crippen LogP contribution in [0.2, 0.25) is 0 Å². The largest absolute Gasteiger partial charge is 0.480 e. The summed E-state index contributed by atoms with van der Waals surface area (Å²) < 4.78 is 0. The number of aliphatic carboxylic acids is 1. The number of hydrogen-bond acceptors (Lipinski definition) is 6. The maximum atomic E-state index is 12.9. The number of nitrogens with one attached hydrogen (secondary N) is 4. The number of amides is 3. The lowest BCUT2D eigenvalue weighted by molar-refractivity contribution is -0.142. The standard InChI is InChI=1S/C22H31N5O6/c1-12(2)7-16(26-21(31)18(11-28)25-19(29)9-23)20(30)27-17(22(32)33)8-13-10-24-15-6-4-3-5-14(13)15/h3-6,10,12,16-18,24,28H,7-9,11,23H2,1-2H3,(H,25,29)(H,26,31)(H,27,30)(H,32,33). The molecule has 1 heterocycles. The van der Waals surface area contributed by atoms with Gasteiger partial charge in [-0.15, -0.1) is 0 Å². The fraction of sp³-hybridized carbons (Fsp3) is 0.455. The van der Waals surface area contributed by atoms with E-state index < -0.39 is 48.4 Å². The molecule has 8 N–H and O–H groups in total. The molecule has 0 fully saturated rings. The van der Waals surface area contributed by atoms with Gasteiger partial charge < -0.3 is 36.9 Å². The molecule has 3 atom stereocenters. The van der Waals surface area contributed by atoms with E-state index in [9.17, 15) is 29.4 Å². The number of nitrogens with two attached hydrogens (primary N) is 1. The first-order valence-corrected chi connectivity index (χ1v) is 10.6. The summed E-state index contributed by atoms with van der Waals surface area (Å²) >= 11 is 0. The summed E-state index contributed by atoms with van der Waals surface area (Å²) in [6.07, 6.45) is 1.96. The number of aliphatic hydroxyl groups excluding tert-OH is 1. The Morgan fingerprint density at radius 2 is 1.64 bits per heavy atom. The number of carbonyl (C=O) groups is 4. The monoisotopic (exact) mass is 461 g/mol. The van der Waals surface area contributed by atoms with Crippen LogP contribution in [0.5, 0.6) is 0 Å². The predicted octanol–water partition coefficient (Wildman–Crippen LogP) is -0.753. The van der Waals surface area contributed by atoms with Crippen LogP contribution in [0.3, 0.4) is 0 Å². The summed E-state index contributed by atoms with van der Waals surface area (Å²) in [5.41, 5.74) is 6.80. The number of benzene rings is 1. The molecule has 3 unspecified atom stereocenters. The van der Waals surface area contributed by atoms with Crippen LogP contribution in [0, 0.1) is 5.92 Å². The second-order valence-electron chi connectivity index (χ2n) is 8.16. The van der Waals surface area contributed by atoms with Gasteiger partial charge in [-0.1, -0.05) is 32.0 Å². The van der Waals surface area contributed by atoms with E-state index in [0.29, 0.717) is 0 Å². The zero-order valence-corrected chi connectivity index (χ0v) is 18.6. The normalized spacial score (nSPS) is 13.8. The van der Waals surface area contributed by atoms with Crippen molar-refractivity contribution in [2.24, 2.45) is 11.7 Å². The third-order valence-electron chi connectivity index (χ3n) is 5.07. The van der Waals surface area contributed by atoms with Gasteiger partial charge in [0.1, 0.15) is 18.1 Å². The van der Waals surface area contributed by atoms with E-state index in [2.05, 4.69) is 20.9 Å². The lowest BCUT2D eigenvalue weighted by Gasteiger charge is -2.25. The highest BCUT2D eigenvalue weighted by Crippen LogP contribution is 2.19. The number of rotatable bonds is 12. The van der Waals surface area contributed by atoms with Crippen molar-refractivity contribution in [3.8, 4) is 0 Å². The van der Waals surface area contributed by atoms with E-state index in [4.69, 9.17) is 5.73 Å². The van der Waals surface area contributed by atoms with Crippen LogP contribution in [0.4, 0.5) is 0 Å². The number of carbonyl (C=O) groups excluding carboxylic acids is 3. The molecule has 1 aromatic carbocycles. The Balaban J connectivity index is 2.14. The molecule has 0 aliphatic rings. The molecule has 11 heteroatoms. The Labute approximate surface area is 191 Å². The van der Waals surface area contributed by atoms with E-state index in [1.165, 1.54) is 0 Å². The van der Waals surface area contributed by atoms with Crippen molar-refractivity contribution in [1.82, 2.24) is 20.9 Å². The predicted molar refractivity (Wildman–Crippen MR) is 121 cm³/mol. The molecule has 33 heavy (non-hydrogen) atoms. The molecule has 0 spiro atoms. The van der Waals surface area contributed by atoms with Crippen molar-refractivity contribution in [3.63, 3.8) is 0 Å². The van der Waals surface area contributed by atoms with Crippen LogP contribution >= 0.6 is 0 Å². The summed E-state index contributed by atoms with van der Waals surface area (Å²) in [4.78, 5) is 51.9. The van der Waals surface area contributed by atoms with Crippen LogP contribution in [-0.4, -0.2) is 70.2 Å². The molecule has 0 saturated heterocycles. The summed E-state index contributed by atoms with van der Waals surface area (Å²) in [5, 5.41) is 27.2. The first-order valence-electron chi connectivity index (χ1n) is 10.6. The number of para-hydroxylation sites is 1. The van der Waals surface area contributed by atoms with Gasteiger partial charge in [-0.05, 0) is 24.0 Å². The number of carboxylic acid groups (broad SMARTS) is 1. The van der Waals surface area contributed by atoms with Gasteiger partial charge in [-0.25, -0.2) is 4.79 Å². The van der Waals surface area contributed by atoms with Crippen molar-refractivity contribution in [1.29, 1.82) is 0 Å². The molecule has 1 aromatic heterocycles. The fourth-order valence-corrected chi connectivity index (χ4v) is 3.42. The van der Waals surface area contributed by atoms with Crippen molar-refractivity contribution in [2.75, 3.05) is 13.2 Å². The van der Waals surface area contributed by atoms with Crippen molar-refractivity contribution >= 4 is 34.6 Å². The Bertz CT molecular complexity index is 989. The average molecular weight is 462 g/mol. The van der Waals surface area contributed by atoms with Crippen molar-refractivity contribution < 1.29 is 29.4 Å². The lowest BCUT2D eigenvalue weighted by Crippen LogP contribution is -2.57. The van der Waals surface area contributed by atoms with Gasteiger partial charge in [0.15, 0.2) is 0 Å². The third kappa shape index (κ3) is 7.29. The highest BCUT2D eigenvalue weighted by molar-refractivity contribution is 5.94. The van der Waals surface area contributed by atoms with Gasteiger partial charge in [0.2, 0.25) is 17.7 Å². The molecule has 0 saturated carbocycles. The lowest BCUT2D eigenvalue weighted by atomic mass is 10.0. The first kappa shape index (κ1) is 25.8. The number of aliphatic hydroxyl groups is 1. The number of carboxylic acids is 1. The van der Waals surface area contributed by atoms with Gasteiger partial charge in [0.05, 0.1) is 13.2 Å². The van der Waals surface area contributed by atoms with Crippen LogP contribution < -0.4 is 21.7 Å². The van der Waals surface area contributed by atoms with E-state index in [-0.39, 0.29) is 25.3 Å².